The van der Waals surface area contributed by atoms with Crippen LogP contribution in [0.4, 0.5) is 5.82 Å². The van der Waals surface area contributed by atoms with Crippen molar-refractivity contribution in [3.8, 4) is 5.75 Å². The summed E-state index contributed by atoms with van der Waals surface area (Å²) < 4.78 is 5.24. The molecule has 0 bridgehead atoms. The Balaban J connectivity index is 1.88. The van der Waals surface area contributed by atoms with Gasteiger partial charge in [-0.2, -0.15) is 4.98 Å². The second-order valence-electron chi connectivity index (χ2n) is 5.38. The summed E-state index contributed by atoms with van der Waals surface area (Å²) in [4.78, 5) is 22.4. The lowest BCUT2D eigenvalue weighted by Gasteiger charge is -2.06. The summed E-state index contributed by atoms with van der Waals surface area (Å²) in [6.45, 7) is 0.606. The van der Waals surface area contributed by atoms with Crippen LogP contribution in [0.5, 0.6) is 5.75 Å². The van der Waals surface area contributed by atoms with Crippen molar-refractivity contribution in [3.05, 3.63) is 23.5 Å². The van der Waals surface area contributed by atoms with Crippen molar-refractivity contribution in [3.63, 3.8) is 0 Å². The second kappa shape index (κ2) is 6.92. The molecule has 24 heavy (non-hydrogen) atoms. The number of nitrogens with one attached hydrogen (secondary N) is 2. The van der Waals surface area contributed by atoms with Gasteiger partial charge in [0, 0.05) is 24.4 Å². The molecule has 0 radical (unpaired) electrons. The Morgan fingerprint density at radius 1 is 1.38 bits per heavy atom. The first-order valence-corrected chi connectivity index (χ1v) is 7.95. The lowest BCUT2D eigenvalue weighted by molar-refractivity contribution is -0.137. The molecule has 0 saturated carbocycles. The Labute approximate surface area is 143 Å². The number of aromatic nitrogens is 3. The Hall–Kier alpha value is -2.54. The molecule has 0 aliphatic rings. The van der Waals surface area contributed by atoms with E-state index in [0.717, 1.165) is 34.1 Å². The minimum Gasteiger partial charge on any atom is -0.497 e. The number of aromatic amines is 1. The number of carboxylic acid groups (broad SMARTS) is 1. The molecular weight excluding hydrogens is 332 g/mol. The molecule has 2 heterocycles. The molecular formula is C16H17ClN4O3. The van der Waals surface area contributed by atoms with Crippen LogP contribution in [0.25, 0.3) is 21.9 Å². The average molecular weight is 349 g/mol. The topological polar surface area (TPSA) is 100 Å². The van der Waals surface area contributed by atoms with E-state index in [-0.39, 0.29) is 11.7 Å². The minimum atomic E-state index is -0.785. The van der Waals surface area contributed by atoms with E-state index in [1.54, 1.807) is 7.11 Å². The summed E-state index contributed by atoms with van der Waals surface area (Å²) in [6, 6.07) is 5.68. The van der Waals surface area contributed by atoms with Gasteiger partial charge >= 0.3 is 5.97 Å². The molecule has 2 aromatic heterocycles. The zero-order chi connectivity index (χ0) is 17.1. The van der Waals surface area contributed by atoms with Crippen molar-refractivity contribution >= 4 is 45.3 Å². The molecule has 0 aliphatic carbocycles. The Kier molecular flexibility index (Phi) is 4.71. The van der Waals surface area contributed by atoms with Crippen LogP contribution in [0.1, 0.15) is 19.3 Å². The third-order valence-electron chi connectivity index (χ3n) is 3.73. The number of nitrogens with zero attached hydrogens (tertiary/aromatic N) is 2. The number of carboxylic acids is 1. The van der Waals surface area contributed by atoms with Gasteiger partial charge in [-0.3, -0.25) is 4.79 Å². The lowest BCUT2D eigenvalue weighted by atomic mass is 10.2. The number of anilines is 1. The van der Waals surface area contributed by atoms with Crippen molar-refractivity contribution in [2.75, 3.05) is 19.0 Å². The number of benzene rings is 1. The summed E-state index contributed by atoms with van der Waals surface area (Å²) in [5, 5.41) is 13.0. The average Bonchev–Trinajstić information content (AvgIpc) is 2.91. The maximum atomic E-state index is 10.5. The first-order chi connectivity index (χ1) is 11.6. The van der Waals surface area contributed by atoms with E-state index in [1.165, 1.54) is 0 Å². The molecule has 8 heteroatoms. The summed E-state index contributed by atoms with van der Waals surface area (Å²) in [5.41, 5.74) is 2.39. The van der Waals surface area contributed by atoms with Crippen LogP contribution < -0.4 is 10.1 Å². The van der Waals surface area contributed by atoms with Crippen molar-refractivity contribution in [2.24, 2.45) is 0 Å². The number of hydrogen-bond donors (Lipinski definition) is 3. The number of H-pyrrole nitrogens is 1. The Morgan fingerprint density at radius 3 is 2.96 bits per heavy atom. The number of unbranched alkanes of at least 4 members (excludes halogenated alkanes) is 1. The zero-order valence-corrected chi connectivity index (χ0v) is 13.9. The molecule has 126 valence electrons. The van der Waals surface area contributed by atoms with Crippen molar-refractivity contribution in [1.82, 2.24) is 15.0 Å². The standard InChI is InChI=1S/C16H17ClN4O3/c1-24-9-5-6-10-11(8-9)19-14-13(10)20-16(17)21-15(14)18-7-3-2-4-12(22)23/h5-6,8,19H,2-4,7H2,1H3,(H,22,23)(H,18,20,21). The van der Waals surface area contributed by atoms with E-state index in [0.29, 0.717) is 18.8 Å². The zero-order valence-electron chi connectivity index (χ0n) is 13.1. The summed E-state index contributed by atoms with van der Waals surface area (Å²) >= 11 is 6.04. The molecule has 3 aromatic rings. The molecule has 0 saturated heterocycles. The van der Waals surface area contributed by atoms with Crippen LogP contribution in [0, 0.1) is 0 Å². The van der Waals surface area contributed by atoms with Gasteiger partial charge < -0.3 is 20.1 Å². The molecule has 0 aliphatic heterocycles. The molecule has 0 fully saturated rings. The number of ether oxygens (including phenoxy) is 1. The van der Waals surface area contributed by atoms with Crippen LogP contribution in [0.3, 0.4) is 0 Å². The summed E-state index contributed by atoms with van der Waals surface area (Å²) in [6.07, 6.45) is 1.49. The normalized spacial score (nSPS) is 11.1. The van der Waals surface area contributed by atoms with Crippen molar-refractivity contribution in [2.45, 2.75) is 19.3 Å². The molecule has 0 unspecified atom stereocenters. The van der Waals surface area contributed by atoms with E-state index in [9.17, 15) is 4.79 Å². The lowest BCUT2D eigenvalue weighted by Crippen LogP contribution is -2.06. The largest absolute Gasteiger partial charge is 0.497 e. The highest BCUT2D eigenvalue weighted by atomic mass is 35.5. The molecule has 0 spiro atoms. The smallest absolute Gasteiger partial charge is 0.303 e. The highest BCUT2D eigenvalue weighted by Crippen LogP contribution is 2.31. The van der Waals surface area contributed by atoms with Crippen LogP contribution in [-0.2, 0) is 4.79 Å². The monoisotopic (exact) mass is 348 g/mol. The number of hydrogen-bond acceptors (Lipinski definition) is 5. The van der Waals surface area contributed by atoms with Gasteiger partial charge in [0.1, 0.15) is 16.8 Å². The highest BCUT2D eigenvalue weighted by molar-refractivity contribution is 6.29. The molecule has 3 rings (SSSR count). The van der Waals surface area contributed by atoms with Crippen LogP contribution in [0.2, 0.25) is 5.28 Å². The van der Waals surface area contributed by atoms with Crippen LogP contribution in [-0.4, -0.2) is 39.7 Å². The minimum absolute atomic E-state index is 0.159. The Bertz CT molecular complexity index is 894. The first-order valence-electron chi connectivity index (χ1n) is 7.57. The van der Waals surface area contributed by atoms with E-state index in [2.05, 4.69) is 20.3 Å². The quantitative estimate of drug-likeness (QED) is 0.446. The summed E-state index contributed by atoms with van der Waals surface area (Å²) in [5.74, 6) is 0.568. The van der Waals surface area contributed by atoms with Gasteiger partial charge in [0.15, 0.2) is 5.82 Å². The van der Waals surface area contributed by atoms with Gasteiger partial charge in [0.25, 0.3) is 0 Å². The predicted octanol–water partition coefficient (Wildman–Crippen LogP) is 3.44. The highest BCUT2D eigenvalue weighted by Gasteiger charge is 2.13. The number of methoxy groups -OCH3 is 1. The number of carbonyl (C=O) groups is 1. The molecule has 1 aromatic carbocycles. The molecule has 3 N–H and O–H groups in total. The van der Waals surface area contributed by atoms with Gasteiger partial charge in [-0.05, 0) is 36.6 Å². The second-order valence-corrected chi connectivity index (χ2v) is 5.72. The maximum absolute atomic E-state index is 10.5. The van der Waals surface area contributed by atoms with Gasteiger partial charge in [0.05, 0.1) is 12.6 Å². The van der Waals surface area contributed by atoms with Crippen molar-refractivity contribution < 1.29 is 14.6 Å². The van der Waals surface area contributed by atoms with E-state index in [1.807, 2.05) is 18.2 Å². The first kappa shape index (κ1) is 16.3. The third-order valence-corrected chi connectivity index (χ3v) is 3.90. The summed E-state index contributed by atoms with van der Waals surface area (Å²) in [7, 11) is 1.62. The SMILES string of the molecule is COc1ccc2c(c1)[nH]c1c(NCCCCC(=O)O)nc(Cl)nc12. The van der Waals surface area contributed by atoms with Gasteiger partial charge in [-0.25, -0.2) is 4.98 Å². The van der Waals surface area contributed by atoms with E-state index in [4.69, 9.17) is 21.4 Å². The number of aliphatic carboxylic acids is 1. The fourth-order valence-corrected chi connectivity index (χ4v) is 2.75. The van der Waals surface area contributed by atoms with Crippen molar-refractivity contribution in [1.29, 1.82) is 0 Å². The van der Waals surface area contributed by atoms with Gasteiger partial charge in [-0.15, -0.1) is 0 Å². The van der Waals surface area contributed by atoms with Gasteiger partial charge in [0.2, 0.25) is 5.28 Å². The molecule has 7 nitrogen and oxygen atoms in total. The number of halogens is 1. The third kappa shape index (κ3) is 3.35. The number of fused-ring (bicyclic) bond motifs is 3. The maximum Gasteiger partial charge on any atom is 0.303 e. The number of rotatable bonds is 7. The van der Waals surface area contributed by atoms with Crippen LogP contribution in [0.15, 0.2) is 18.2 Å². The predicted molar refractivity (Wildman–Crippen MR) is 92.9 cm³/mol. The van der Waals surface area contributed by atoms with E-state index < -0.39 is 5.97 Å². The van der Waals surface area contributed by atoms with E-state index >= 15 is 0 Å². The molecule has 0 amide bonds. The molecule has 0 atom stereocenters. The van der Waals surface area contributed by atoms with Gasteiger partial charge in [-0.1, -0.05) is 0 Å². The fraction of sp³-hybridized carbons (Fsp3) is 0.312. The van der Waals surface area contributed by atoms with Crippen LogP contribution >= 0.6 is 11.6 Å². The fourth-order valence-electron chi connectivity index (χ4n) is 2.58. The Morgan fingerprint density at radius 2 is 2.21 bits per heavy atom.